The van der Waals surface area contributed by atoms with E-state index in [4.69, 9.17) is 34.0 Å². The number of ketones is 1. The predicted octanol–water partition coefficient (Wildman–Crippen LogP) is 1.67. The van der Waals surface area contributed by atoms with Crippen molar-refractivity contribution in [2.75, 3.05) is 11.8 Å². The van der Waals surface area contributed by atoms with E-state index < -0.39 is 12.0 Å². The number of Topliss-reactive ketones (excluding diaryl/α,β-unsaturated/α-hetero) is 1. The molecule has 0 amide bonds. The van der Waals surface area contributed by atoms with Gasteiger partial charge in [0.25, 0.3) is 0 Å². The fourth-order valence-electron chi connectivity index (χ4n) is 0.991. The summed E-state index contributed by atoms with van der Waals surface area (Å²) in [5.41, 5.74) is 6.30. The maximum absolute atomic E-state index is 10.4. The lowest BCUT2D eigenvalue weighted by molar-refractivity contribution is -0.138. The van der Waals surface area contributed by atoms with Gasteiger partial charge >= 0.3 is 5.97 Å². The molecule has 0 bridgehead atoms. The molecule has 4 nitrogen and oxygen atoms in total. The van der Waals surface area contributed by atoms with E-state index in [0.717, 1.165) is 5.56 Å². The SMILES string of the molecule is N[C@@H](Cc1ccccc1)C(=O)O.O=C(CCl)CCl. The number of carbonyl (C=O) groups excluding carboxylic acids is 1. The van der Waals surface area contributed by atoms with Crippen molar-refractivity contribution in [1.29, 1.82) is 0 Å². The molecule has 1 atom stereocenters. The zero-order chi connectivity index (χ0) is 14.0. The summed E-state index contributed by atoms with van der Waals surface area (Å²) in [6, 6.07) is 8.54. The Kier molecular flexibility index (Phi) is 9.28. The predicted molar refractivity (Wildman–Crippen MR) is 72.2 cm³/mol. The van der Waals surface area contributed by atoms with E-state index in [0.29, 0.717) is 6.42 Å². The lowest BCUT2D eigenvalue weighted by Gasteiger charge is -2.04. The molecule has 0 unspecified atom stereocenters. The van der Waals surface area contributed by atoms with Crippen molar-refractivity contribution in [3.63, 3.8) is 0 Å². The standard InChI is InChI=1S/C9H11NO2.C3H4Cl2O/c10-8(9(11)12)6-7-4-2-1-3-5-7;4-1-3(6)2-5/h1-5,8H,6,10H2,(H,11,12);1-2H2/t8-;/m0./s1. The first-order valence-electron chi connectivity index (χ1n) is 5.17. The molecule has 18 heavy (non-hydrogen) atoms. The summed E-state index contributed by atoms with van der Waals surface area (Å²) in [6.45, 7) is 0. The molecule has 0 aliphatic heterocycles. The second kappa shape index (κ2) is 9.88. The molecule has 0 heterocycles. The van der Waals surface area contributed by atoms with Crippen LogP contribution >= 0.6 is 23.2 Å². The highest BCUT2D eigenvalue weighted by molar-refractivity contribution is 6.35. The number of alkyl halides is 2. The zero-order valence-corrected chi connectivity index (χ0v) is 11.2. The molecule has 0 aliphatic carbocycles. The molecule has 3 N–H and O–H groups in total. The van der Waals surface area contributed by atoms with Gasteiger partial charge in [-0.2, -0.15) is 0 Å². The molecule has 1 aromatic carbocycles. The van der Waals surface area contributed by atoms with E-state index in [9.17, 15) is 9.59 Å². The monoisotopic (exact) mass is 291 g/mol. The normalized spacial score (nSPS) is 11.1. The molecule has 1 aromatic rings. The van der Waals surface area contributed by atoms with Gasteiger partial charge in [-0.25, -0.2) is 0 Å². The topological polar surface area (TPSA) is 80.4 Å². The number of carboxylic acids is 1. The van der Waals surface area contributed by atoms with Crippen molar-refractivity contribution in [2.45, 2.75) is 12.5 Å². The second-order valence-corrected chi connectivity index (χ2v) is 3.97. The smallest absolute Gasteiger partial charge is 0.320 e. The largest absolute Gasteiger partial charge is 0.480 e. The summed E-state index contributed by atoms with van der Waals surface area (Å²) in [4.78, 5) is 20.3. The molecular weight excluding hydrogens is 277 g/mol. The van der Waals surface area contributed by atoms with Gasteiger partial charge in [-0.15, -0.1) is 23.2 Å². The summed E-state index contributed by atoms with van der Waals surface area (Å²) in [5, 5.41) is 8.52. The summed E-state index contributed by atoms with van der Waals surface area (Å²) < 4.78 is 0. The summed E-state index contributed by atoms with van der Waals surface area (Å²) in [6.07, 6.45) is 0.385. The van der Waals surface area contributed by atoms with E-state index in [1.165, 1.54) is 0 Å². The van der Waals surface area contributed by atoms with E-state index in [1.807, 2.05) is 30.3 Å². The minimum Gasteiger partial charge on any atom is -0.480 e. The first-order valence-corrected chi connectivity index (χ1v) is 6.24. The van der Waals surface area contributed by atoms with Crippen molar-refractivity contribution in [3.05, 3.63) is 35.9 Å². The highest BCUT2D eigenvalue weighted by Gasteiger charge is 2.10. The van der Waals surface area contributed by atoms with Crippen LogP contribution < -0.4 is 5.73 Å². The first kappa shape index (κ1) is 16.9. The molecule has 0 aliphatic rings. The van der Waals surface area contributed by atoms with E-state index >= 15 is 0 Å². The van der Waals surface area contributed by atoms with Gasteiger partial charge in [-0.3, -0.25) is 9.59 Å². The number of aliphatic carboxylic acids is 1. The van der Waals surface area contributed by atoms with Gasteiger partial charge in [-0.1, -0.05) is 30.3 Å². The Morgan fingerprint density at radius 2 is 1.67 bits per heavy atom. The van der Waals surface area contributed by atoms with Crippen LogP contribution in [0.4, 0.5) is 0 Å². The minimum atomic E-state index is -0.959. The van der Waals surface area contributed by atoms with Crippen molar-refractivity contribution >= 4 is 35.0 Å². The fourth-order valence-corrected chi connectivity index (χ4v) is 1.28. The molecule has 0 aromatic heterocycles. The molecule has 0 fully saturated rings. The third-order valence-electron chi connectivity index (χ3n) is 1.91. The Balaban J connectivity index is 0.000000411. The van der Waals surface area contributed by atoms with Gasteiger partial charge in [0, 0.05) is 0 Å². The number of rotatable bonds is 5. The van der Waals surface area contributed by atoms with Gasteiger partial charge < -0.3 is 10.8 Å². The van der Waals surface area contributed by atoms with Crippen molar-refractivity contribution < 1.29 is 14.7 Å². The number of hydrogen-bond acceptors (Lipinski definition) is 3. The van der Waals surface area contributed by atoms with E-state index in [1.54, 1.807) is 0 Å². The number of benzene rings is 1. The van der Waals surface area contributed by atoms with Crippen LogP contribution in [0.2, 0.25) is 0 Å². The third-order valence-corrected chi connectivity index (χ3v) is 2.51. The number of hydrogen-bond donors (Lipinski definition) is 2. The number of halogens is 2. The Morgan fingerprint density at radius 3 is 2.00 bits per heavy atom. The second-order valence-electron chi connectivity index (χ2n) is 3.44. The Labute approximate surface area is 116 Å². The average Bonchev–Trinajstić information content (AvgIpc) is 2.39. The van der Waals surface area contributed by atoms with Crippen LogP contribution in [-0.2, 0) is 16.0 Å². The molecule has 0 radical (unpaired) electrons. The van der Waals surface area contributed by atoms with Gasteiger partial charge in [0.2, 0.25) is 0 Å². The molecular formula is C12H15Cl2NO3. The van der Waals surface area contributed by atoms with Crippen molar-refractivity contribution in [1.82, 2.24) is 0 Å². The molecule has 100 valence electrons. The molecule has 6 heteroatoms. The fraction of sp³-hybridized carbons (Fsp3) is 0.333. The van der Waals surface area contributed by atoms with Crippen molar-refractivity contribution in [3.8, 4) is 0 Å². The van der Waals surface area contributed by atoms with Gasteiger partial charge in [0.15, 0.2) is 5.78 Å². The van der Waals surface area contributed by atoms with Gasteiger partial charge in [-0.05, 0) is 12.0 Å². The van der Waals surface area contributed by atoms with E-state index in [2.05, 4.69) is 0 Å². The zero-order valence-electron chi connectivity index (χ0n) is 9.68. The van der Waals surface area contributed by atoms with Crippen LogP contribution in [0.5, 0.6) is 0 Å². The van der Waals surface area contributed by atoms with Crippen LogP contribution in [0.25, 0.3) is 0 Å². The van der Waals surface area contributed by atoms with Crippen LogP contribution in [0.15, 0.2) is 30.3 Å². The number of nitrogens with two attached hydrogens (primary N) is 1. The third kappa shape index (κ3) is 8.06. The maximum Gasteiger partial charge on any atom is 0.320 e. The summed E-state index contributed by atoms with van der Waals surface area (Å²) in [7, 11) is 0. The highest BCUT2D eigenvalue weighted by atomic mass is 35.5. The Morgan fingerprint density at radius 1 is 1.17 bits per heavy atom. The van der Waals surface area contributed by atoms with Gasteiger partial charge in [0.05, 0.1) is 11.8 Å². The minimum absolute atomic E-state index is 0.0312. The molecule has 0 saturated carbocycles. The van der Waals surface area contributed by atoms with Crippen LogP contribution in [-0.4, -0.2) is 34.7 Å². The van der Waals surface area contributed by atoms with Crippen LogP contribution in [0.1, 0.15) is 5.56 Å². The summed E-state index contributed by atoms with van der Waals surface area (Å²) >= 11 is 10.0. The molecule has 0 saturated heterocycles. The van der Waals surface area contributed by atoms with Crippen LogP contribution in [0.3, 0.4) is 0 Å². The molecule has 1 rings (SSSR count). The van der Waals surface area contributed by atoms with Crippen LogP contribution in [0, 0.1) is 0 Å². The molecule has 0 spiro atoms. The van der Waals surface area contributed by atoms with Crippen molar-refractivity contribution in [2.24, 2.45) is 5.73 Å². The lowest BCUT2D eigenvalue weighted by Crippen LogP contribution is -2.32. The Bertz CT molecular complexity index is 365. The summed E-state index contributed by atoms with van der Waals surface area (Å²) in [5.74, 6) is -1.02. The number of carbonyl (C=O) groups is 2. The maximum atomic E-state index is 10.4. The lowest BCUT2D eigenvalue weighted by atomic mass is 10.1. The van der Waals surface area contributed by atoms with Gasteiger partial charge in [0.1, 0.15) is 6.04 Å². The Hall–Kier alpha value is -1.10. The quantitative estimate of drug-likeness (QED) is 0.809. The number of carboxylic acid groups (broad SMARTS) is 1. The first-order chi connectivity index (χ1) is 8.51. The average molecular weight is 292 g/mol. The highest BCUT2D eigenvalue weighted by Crippen LogP contribution is 2.01. The van der Waals surface area contributed by atoms with E-state index in [-0.39, 0.29) is 17.5 Å².